The minimum absolute atomic E-state index is 0.869. The molecule has 0 saturated heterocycles. The molecule has 2 nitrogen and oxygen atoms in total. The summed E-state index contributed by atoms with van der Waals surface area (Å²) in [6.07, 6.45) is 6.16. The summed E-state index contributed by atoms with van der Waals surface area (Å²) < 4.78 is 0. The second-order valence-electron chi connectivity index (χ2n) is 5.00. The summed E-state index contributed by atoms with van der Waals surface area (Å²) in [5.74, 6) is 1.02. The summed E-state index contributed by atoms with van der Waals surface area (Å²) >= 11 is 0. The Labute approximate surface area is 118 Å². The van der Waals surface area contributed by atoms with Crippen LogP contribution in [0.4, 0.5) is 5.82 Å². The van der Waals surface area contributed by atoms with Gasteiger partial charge in [0.1, 0.15) is 5.82 Å². The SMILES string of the molecule is C1=CN(c2nccc3ccccc23)Cc2ccccc21. The Morgan fingerprint density at radius 1 is 0.900 bits per heavy atom. The fourth-order valence-corrected chi connectivity index (χ4v) is 2.73. The van der Waals surface area contributed by atoms with Gasteiger partial charge in [0.05, 0.1) is 0 Å². The Balaban J connectivity index is 1.82. The van der Waals surface area contributed by atoms with Crippen molar-refractivity contribution in [1.29, 1.82) is 0 Å². The summed E-state index contributed by atoms with van der Waals surface area (Å²) in [6.45, 7) is 0.869. The molecule has 2 aromatic carbocycles. The van der Waals surface area contributed by atoms with Crippen molar-refractivity contribution in [2.24, 2.45) is 0 Å². The lowest BCUT2D eigenvalue weighted by Gasteiger charge is -2.25. The van der Waals surface area contributed by atoms with Crippen molar-refractivity contribution in [3.63, 3.8) is 0 Å². The number of aromatic nitrogens is 1. The monoisotopic (exact) mass is 258 g/mol. The average molecular weight is 258 g/mol. The topological polar surface area (TPSA) is 16.1 Å². The second kappa shape index (κ2) is 4.49. The zero-order valence-electron chi connectivity index (χ0n) is 11.0. The number of hydrogen-bond acceptors (Lipinski definition) is 2. The molecule has 4 rings (SSSR count). The van der Waals surface area contributed by atoms with Crippen LogP contribution in [-0.2, 0) is 6.54 Å². The maximum absolute atomic E-state index is 4.58. The summed E-state index contributed by atoms with van der Waals surface area (Å²) in [6, 6.07) is 18.9. The van der Waals surface area contributed by atoms with E-state index in [1.54, 1.807) is 0 Å². The fraction of sp³-hybridized carbons (Fsp3) is 0.0556. The van der Waals surface area contributed by atoms with Crippen molar-refractivity contribution in [3.8, 4) is 0 Å². The van der Waals surface area contributed by atoms with Crippen LogP contribution in [0.1, 0.15) is 11.1 Å². The van der Waals surface area contributed by atoms with Crippen molar-refractivity contribution < 1.29 is 0 Å². The van der Waals surface area contributed by atoms with Crippen molar-refractivity contribution in [2.45, 2.75) is 6.54 Å². The van der Waals surface area contributed by atoms with Crippen molar-refractivity contribution in [1.82, 2.24) is 4.98 Å². The molecule has 0 radical (unpaired) electrons. The molecule has 0 bridgehead atoms. The summed E-state index contributed by atoms with van der Waals surface area (Å²) in [7, 11) is 0. The molecule has 3 aromatic rings. The largest absolute Gasteiger partial charge is 0.328 e. The Kier molecular flexibility index (Phi) is 2.52. The minimum atomic E-state index is 0.869. The van der Waals surface area contributed by atoms with Gasteiger partial charge in [-0.15, -0.1) is 0 Å². The molecule has 20 heavy (non-hydrogen) atoms. The molecule has 1 aliphatic heterocycles. The maximum atomic E-state index is 4.58. The van der Waals surface area contributed by atoms with Gasteiger partial charge in [0.25, 0.3) is 0 Å². The van der Waals surface area contributed by atoms with E-state index in [9.17, 15) is 0 Å². The minimum Gasteiger partial charge on any atom is -0.328 e. The lowest BCUT2D eigenvalue weighted by molar-refractivity contribution is 0.935. The van der Waals surface area contributed by atoms with E-state index >= 15 is 0 Å². The second-order valence-corrected chi connectivity index (χ2v) is 5.00. The van der Waals surface area contributed by atoms with E-state index in [1.807, 2.05) is 6.20 Å². The van der Waals surface area contributed by atoms with Gasteiger partial charge in [-0.25, -0.2) is 4.98 Å². The molecule has 0 spiro atoms. The Morgan fingerprint density at radius 3 is 2.75 bits per heavy atom. The number of pyridine rings is 1. The third-order valence-corrected chi connectivity index (χ3v) is 3.75. The molecule has 0 saturated carbocycles. The highest BCUT2D eigenvalue weighted by Crippen LogP contribution is 2.29. The highest BCUT2D eigenvalue weighted by atomic mass is 15.2. The average Bonchev–Trinajstić information content (AvgIpc) is 2.54. The molecular formula is C18H14N2. The first-order chi connectivity index (χ1) is 9.92. The molecule has 0 aliphatic carbocycles. The van der Waals surface area contributed by atoms with Crippen molar-refractivity contribution >= 4 is 22.7 Å². The molecule has 0 fully saturated rings. The Bertz CT molecular complexity index is 800. The van der Waals surface area contributed by atoms with E-state index in [4.69, 9.17) is 0 Å². The molecule has 0 atom stereocenters. The van der Waals surface area contributed by atoms with Gasteiger partial charge in [-0.05, 0) is 28.7 Å². The van der Waals surface area contributed by atoms with Gasteiger partial charge in [0.15, 0.2) is 0 Å². The van der Waals surface area contributed by atoms with Crippen molar-refractivity contribution in [3.05, 3.63) is 78.1 Å². The number of benzene rings is 2. The third kappa shape index (κ3) is 1.77. The van der Waals surface area contributed by atoms with Crippen LogP contribution >= 0.6 is 0 Å². The number of rotatable bonds is 1. The van der Waals surface area contributed by atoms with Crippen LogP contribution in [0, 0.1) is 0 Å². The van der Waals surface area contributed by atoms with Gasteiger partial charge in [-0.2, -0.15) is 0 Å². The molecule has 0 amide bonds. The van der Waals surface area contributed by atoms with Gasteiger partial charge >= 0.3 is 0 Å². The Morgan fingerprint density at radius 2 is 1.75 bits per heavy atom. The summed E-state index contributed by atoms with van der Waals surface area (Å²) in [5.41, 5.74) is 2.63. The normalized spacial score (nSPS) is 13.5. The lowest BCUT2D eigenvalue weighted by atomic mass is 10.0. The highest BCUT2D eigenvalue weighted by Gasteiger charge is 2.14. The molecule has 1 aliphatic rings. The highest BCUT2D eigenvalue weighted by molar-refractivity contribution is 5.92. The third-order valence-electron chi connectivity index (χ3n) is 3.75. The summed E-state index contributed by atoms with van der Waals surface area (Å²) in [5, 5.41) is 2.42. The van der Waals surface area contributed by atoms with E-state index in [1.165, 1.54) is 21.9 Å². The predicted octanol–water partition coefficient (Wildman–Crippen LogP) is 4.23. The van der Waals surface area contributed by atoms with Gasteiger partial charge < -0.3 is 4.90 Å². The molecule has 0 unspecified atom stereocenters. The van der Waals surface area contributed by atoms with E-state index in [0.29, 0.717) is 0 Å². The summed E-state index contributed by atoms with van der Waals surface area (Å²) in [4.78, 5) is 6.79. The van der Waals surface area contributed by atoms with Gasteiger partial charge in [-0.1, -0.05) is 48.5 Å². The van der Waals surface area contributed by atoms with Crippen LogP contribution in [0.15, 0.2) is 67.0 Å². The first kappa shape index (κ1) is 11.2. The molecular weight excluding hydrogens is 244 g/mol. The molecule has 96 valence electrons. The van der Waals surface area contributed by atoms with E-state index < -0.39 is 0 Å². The predicted molar refractivity (Wildman–Crippen MR) is 83.4 cm³/mol. The number of fused-ring (bicyclic) bond motifs is 2. The lowest BCUT2D eigenvalue weighted by Crippen LogP contribution is -2.20. The van der Waals surface area contributed by atoms with Crippen LogP contribution in [0.5, 0.6) is 0 Å². The van der Waals surface area contributed by atoms with Crippen LogP contribution in [-0.4, -0.2) is 4.98 Å². The first-order valence-corrected chi connectivity index (χ1v) is 6.78. The number of hydrogen-bond donors (Lipinski definition) is 0. The van der Waals surface area contributed by atoms with Gasteiger partial charge in [-0.3, -0.25) is 0 Å². The quantitative estimate of drug-likeness (QED) is 0.649. The molecule has 2 heteroatoms. The van der Waals surface area contributed by atoms with E-state index in [-0.39, 0.29) is 0 Å². The Hall–Kier alpha value is -2.61. The zero-order chi connectivity index (χ0) is 13.4. The van der Waals surface area contributed by atoms with Crippen LogP contribution in [0.25, 0.3) is 16.8 Å². The molecule has 2 heterocycles. The number of nitrogens with zero attached hydrogens (tertiary/aromatic N) is 2. The molecule has 1 aromatic heterocycles. The fourth-order valence-electron chi connectivity index (χ4n) is 2.73. The number of anilines is 1. The van der Waals surface area contributed by atoms with E-state index in [2.05, 4.69) is 76.8 Å². The van der Waals surface area contributed by atoms with Crippen LogP contribution in [0.3, 0.4) is 0 Å². The van der Waals surface area contributed by atoms with Crippen LogP contribution < -0.4 is 4.90 Å². The van der Waals surface area contributed by atoms with Gasteiger partial charge in [0, 0.05) is 24.3 Å². The maximum Gasteiger partial charge on any atom is 0.140 e. The van der Waals surface area contributed by atoms with E-state index in [0.717, 1.165) is 12.4 Å². The molecule has 0 N–H and O–H groups in total. The zero-order valence-corrected chi connectivity index (χ0v) is 11.0. The van der Waals surface area contributed by atoms with Crippen molar-refractivity contribution in [2.75, 3.05) is 4.90 Å². The standard InChI is InChI=1S/C18H14N2/c1-2-7-16-13-20(12-10-14(16)5-1)18-17-8-4-3-6-15(17)9-11-19-18/h1-12H,13H2. The van der Waals surface area contributed by atoms with Crippen LogP contribution in [0.2, 0.25) is 0 Å². The smallest absolute Gasteiger partial charge is 0.140 e. The first-order valence-electron chi connectivity index (χ1n) is 6.78. The van der Waals surface area contributed by atoms with Gasteiger partial charge in [0.2, 0.25) is 0 Å².